The summed E-state index contributed by atoms with van der Waals surface area (Å²) in [7, 11) is 0. The average molecular weight is 855 g/mol. The molecule has 0 bridgehead atoms. The molecule has 0 aliphatic rings. The first-order valence-electron chi connectivity index (χ1n) is 24.0. The van der Waals surface area contributed by atoms with Crippen molar-refractivity contribution >= 4 is 0 Å². The lowest BCUT2D eigenvalue weighted by atomic mass is 9.97. The van der Waals surface area contributed by atoms with Gasteiger partial charge in [0.2, 0.25) is 0 Å². The zero-order valence-electron chi connectivity index (χ0n) is 38.5. The molecule has 334 valence electrons. The maximum atomic E-state index is 14.8. The molecule has 6 aromatic carbocycles. The lowest BCUT2D eigenvalue weighted by Crippen LogP contribution is -1.98. The molecular formula is C59H70F4. The first kappa shape index (κ1) is 49.1. The molecular weight excluding hydrogens is 785 g/mol. The summed E-state index contributed by atoms with van der Waals surface area (Å²) in [5.74, 6) is -2.83. The van der Waals surface area contributed by atoms with Gasteiger partial charge in [-0.2, -0.15) is 0 Å². The molecule has 0 heterocycles. The molecule has 0 saturated carbocycles. The average Bonchev–Trinajstić information content (AvgIpc) is 3.31. The van der Waals surface area contributed by atoms with E-state index in [9.17, 15) is 17.6 Å². The Hall–Kier alpha value is -4.96. The predicted molar refractivity (Wildman–Crippen MR) is 260 cm³/mol. The molecule has 0 aliphatic heterocycles. The number of aryl methyl sites for hydroxylation is 8. The summed E-state index contributed by atoms with van der Waals surface area (Å²) in [4.78, 5) is 0. The summed E-state index contributed by atoms with van der Waals surface area (Å²) in [6, 6.07) is 40.4. The van der Waals surface area contributed by atoms with Crippen LogP contribution in [0.4, 0.5) is 17.6 Å². The summed E-state index contributed by atoms with van der Waals surface area (Å²) in [5, 5.41) is 0. The maximum Gasteiger partial charge on any atom is 0.166 e. The van der Waals surface area contributed by atoms with Gasteiger partial charge in [0.15, 0.2) is 23.3 Å². The highest BCUT2D eigenvalue weighted by Gasteiger charge is 2.16. The van der Waals surface area contributed by atoms with Crippen LogP contribution in [0.15, 0.2) is 121 Å². The third kappa shape index (κ3) is 15.4. The quantitative estimate of drug-likeness (QED) is 0.0445. The van der Waals surface area contributed by atoms with Crippen LogP contribution in [0.3, 0.4) is 0 Å². The first-order chi connectivity index (χ1) is 30.7. The Morgan fingerprint density at radius 1 is 0.254 bits per heavy atom. The molecule has 0 saturated heterocycles. The van der Waals surface area contributed by atoms with E-state index in [2.05, 4.69) is 76.2 Å². The fourth-order valence-corrected chi connectivity index (χ4v) is 8.27. The van der Waals surface area contributed by atoms with E-state index in [1.54, 1.807) is 24.3 Å². The molecule has 0 aliphatic carbocycles. The van der Waals surface area contributed by atoms with Crippen LogP contribution in [0, 0.1) is 23.3 Å². The Bertz CT molecular complexity index is 2220. The van der Waals surface area contributed by atoms with Crippen molar-refractivity contribution < 1.29 is 17.6 Å². The van der Waals surface area contributed by atoms with Gasteiger partial charge in [-0.25, -0.2) is 17.6 Å². The van der Waals surface area contributed by atoms with E-state index in [1.807, 2.05) is 48.5 Å². The van der Waals surface area contributed by atoms with Gasteiger partial charge in [0.1, 0.15) is 0 Å². The Kier molecular flexibility index (Phi) is 20.7. The summed E-state index contributed by atoms with van der Waals surface area (Å²) in [6.07, 6.45) is 19.4. The van der Waals surface area contributed by atoms with E-state index < -0.39 is 23.3 Å². The van der Waals surface area contributed by atoms with Gasteiger partial charge in [-0.05, 0) is 120 Å². The second-order valence-corrected chi connectivity index (χ2v) is 17.3. The summed E-state index contributed by atoms with van der Waals surface area (Å²) in [6.45, 7) is 8.71. The van der Waals surface area contributed by atoms with Gasteiger partial charge in [0, 0.05) is 11.1 Å². The standard InChI is InChI=1S/C30H36F2.C29H34F2/c1-3-5-6-7-8-10-27-21-22-28(30(32)29(27)31)26-19-17-25(18-20-26)16-15-24-13-11-23(9-4-2)12-14-24;1-3-5-6-7-9-26-20-21-27(29(31)28(26)30)25-18-16-24(17-19-25)15-14-23-12-10-22(8-4-2)11-13-23/h11-14,17-22H,3-10,15-16H2,1-2H3;10-13,16-21H,3-9,14-15H2,1-2H3. The van der Waals surface area contributed by atoms with E-state index in [4.69, 9.17) is 0 Å². The van der Waals surface area contributed by atoms with Gasteiger partial charge in [-0.3, -0.25) is 0 Å². The van der Waals surface area contributed by atoms with Gasteiger partial charge in [-0.15, -0.1) is 0 Å². The van der Waals surface area contributed by atoms with Crippen LogP contribution in [0.25, 0.3) is 22.3 Å². The summed E-state index contributed by atoms with van der Waals surface area (Å²) < 4.78 is 58.6. The summed E-state index contributed by atoms with van der Waals surface area (Å²) in [5.41, 5.74) is 10.9. The van der Waals surface area contributed by atoms with Gasteiger partial charge < -0.3 is 0 Å². The molecule has 0 radical (unpaired) electrons. The third-order valence-electron chi connectivity index (χ3n) is 12.2. The van der Waals surface area contributed by atoms with E-state index >= 15 is 0 Å². The minimum absolute atomic E-state index is 0.341. The van der Waals surface area contributed by atoms with Gasteiger partial charge in [-0.1, -0.05) is 207 Å². The van der Waals surface area contributed by atoms with Crippen LogP contribution in [0.1, 0.15) is 143 Å². The molecule has 0 unspecified atom stereocenters. The van der Waals surface area contributed by atoms with Crippen LogP contribution in [-0.4, -0.2) is 0 Å². The zero-order chi connectivity index (χ0) is 44.8. The molecule has 0 nitrogen and oxygen atoms in total. The molecule has 4 heteroatoms. The van der Waals surface area contributed by atoms with E-state index in [-0.39, 0.29) is 0 Å². The highest BCUT2D eigenvalue weighted by atomic mass is 19.2. The Labute approximate surface area is 377 Å². The van der Waals surface area contributed by atoms with Gasteiger partial charge >= 0.3 is 0 Å². The topological polar surface area (TPSA) is 0 Å². The second-order valence-electron chi connectivity index (χ2n) is 17.3. The number of unbranched alkanes of at least 4 members (excludes halogenated alkanes) is 7. The minimum Gasteiger partial charge on any atom is -0.203 e. The SMILES string of the molecule is CCCCCCCc1ccc(-c2ccc(CCc3ccc(CCC)cc3)cc2)c(F)c1F.CCCCCCc1ccc(-c2ccc(CCc3ccc(CCC)cc3)cc2)c(F)c1F. The Balaban J connectivity index is 0.000000238. The molecule has 0 aromatic heterocycles. The van der Waals surface area contributed by atoms with Crippen molar-refractivity contribution in [1.82, 2.24) is 0 Å². The molecule has 63 heavy (non-hydrogen) atoms. The smallest absolute Gasteiger partial charge is 0.166 e. The monoisotopic (exact) mass is 855 g/mol. The van der Waals surface area contributed by atoms with Crippen LogP contribution in [-0.2, 0) is 51.4 Å². The molecule has 0 N–H and O–H groups in total. The van der Waals surface area contributed by atoms with E-state index in [0.717, 1.165) is 107 Å². The Morgan fingerprint density at radius 3 is 0.857 bits per heavy atom. The molecule has 6 rings (SSSR count). The maximum absolute atomic E-state index is 14.8. The van der Waals surface area contributed by atoms with E-state index in [0.29, 0.717) is 35.1 Å². The second kappa shape index (κ2) is 26.6. The van der Waals surface area contributed by atoms with Crippen LogP contribution in [0.2, 0.25) is 0 Å². The van der Waals surface area contributed by atoms with Crippen molar-refractivity contribution in [3.05, 3.63) is 189 Å². The molecule has 0 atom stereocenters. The van der Waals surface area contributed by atoms with Crippen LogP contribution < -0.4 is 0 Å². The highest BCUT2D eigenvalue weighted by molar-refractivity contribution is 5.66. The van der Waals surface area contributed by atoms with Gasteiger partial charge in [0.25, 0.3) is 0 Å². The lowest BCUT2D eigenvalue weighted by molar-refractivity contribution is 0.497. The third-order valence-corrected chi connectivity index (χ3v) is 12.2. The number of hydrogen-bond donors (Lipinski definition) is 0. The molecule has 0 spiro atoms. The number of halogens is 4. The Morgan fingerprint density at radius 2 is 0.540 bits per heavy atom. The zero-order valence-corrected chi connectivity index (χ0v) is 38.5. The van der Waals surface area contributed by atoms with Crippen molar-refractivity contribution in [2.75, 3.05) is 0 Å². The van der Waals surface area contributed by atoms with Gasteiger partial charge in [0.05, 0.1) is 0 Å². The van der Waals surface area contributed by atoms with Crippen molar-refractivity contribution in [1.29, 1.82) is 0 Å². The fraction of sp³-hybridized carbons (Fsp3) is 0.390. The fourth-order valence-electron chi connectivity index (χ4n) is 8.27. The highest BCUT2D eigenvalue weighted by Crippen LogP contribution is 2.30. The number of benzene rings is 6. The first-order valence-corrected chi connectivity index (χ1v) is 24.0. The largest absolute Gasteiger partial charge is 0.203 e. The van der Waals surface area contributed by atoms with Crippen molar-refractivity contribution in [2.45, 2.75) is 150 Å². The summed E-state index contributed by atoms with van der Waals surface area (Å²) >= 11 is 0. The van der Waals surface area contributed by atoms with Crippen LogP contribution >= 0.6 is 0 Å². The van der Waals surface area contributed by atoms with E-state index in [1.165, 1.54) is 46.2 Å². The molecule has 6 aromatic rings. The normalized spacial score (nSPS) is 11.1. The predicted octanol–water partition coefficient (Wildman–Crippen LogP) is 17.4. The number of hydrogen-bond acceptors (Lipinski definition) is 0. The van der Waals surface area contributed by atoms with Crippen molar-refractivity contribution in [2.24, 2.45) is 0 Å². The number of rotatable bonds is 23. The minimum atomic E-state index is -0.729. The molecule has 0 fully saturated rings. The van der Waals surface area contributed by atoms with Crippen molar-refractivity contribution in [3.8, 4) is 22.3 Å². The van der Waals surface area contributed by atoms with Crippen molar-refractivity contribution in [3.63, 3.8) is 0 Å². The lowest BCUT2D eigenvalue weighted by Gasteiger charge is -2.10. The molecule has 0 amide bonds. The van der Waals surface area contributed by atoms with Crippen LogP contribution in [0.5, 0.6) is 0 Å².